The standard InChI is InChI=1S/C25H34N2OSi/c1-17-19-13-14-24(5,6)25(16-26,28-29(7,8)23(2,3)4)22(19)27-20-12-10-9-11-18(20)15-21(17)27/h9-12,15,22H,13-14H2,1-8H3/t22-,25?/m1/s1. The zero-order valence-electron chi connectivity index (χ0n) is 19.2. The van der Waals surface area contributed by atoms with Crippen molar-refractivity contribution in [3.05, 3.63) is 41.6 Å². The number of hydrogen-bond acceptors (Lipinski definition) is 2. The van der Waals surface area contributed by atoms with Gasteiger partial charge in [0.05, 0.1) is 12.1 Å². The fraction of sp³-hybridized carbons (Fsp3) is 0.560. The Balaban J connectivity index is 2.00. The van der Waals surface area contributed by atoms with Gasteiger partial charge >= 0.3 is 0 Å². The summed E-state index contributed by atoms with van der Waals surface area (Å²) >= 11 is 0. The summed E-state index contributed by atoms with van der Waals surface area (Å²) in [5.74, 6) is 0. The molecule has 2 aliphatic rings. The molecule has 0 spiro atoms. The van der Waals surface area contributed by atoms with Crippen LogP contribution in [0.3, 0.4) is 0 Å². The second kappa shape index (κ2) is 6.09. The molecule has 0 radical (unpaired) electrons. The van der Waals surface area contributed by atoms with E-state index in [1.807, 2.05) is 0 Å². The third-order valence-electron chi connectivity index (χ3n) is 8.00. The van der Waals surface area contributed by atoms with E-state index in [0.717, 1.165) is 12.8 Å². The van der Waals surface area contributed by atoms with Gasteiger partial charge in [0.1, 0.15) is 0 Å². The molecule has 1 fully saturated rings. The molecule has 4 rings (SSSR count). The highest BCUT2D eigenvalue weighted by Gasteiger charge is 2.62. The third kappa shape index (κ3) is 2.63. The highest BCUT2D eigenvalue weighted by atomic mass is 28.4. The summed E-state index contributed by atoms with van der Waals surface area (Å²) in [5.41, 5.74) is 4.07. The Morgan fingerprint density at radius 2 is 1.86 bits per heavy atom. The van der Waals surface area contributed by atoms with Crippen LogP contribution >= 0.6 is 0 Å². The van der Waals surface area contributed by atoms with Gasteiger partial charge in [0, 0.05) is 22.0 Å². The molecule has 1 aromatic heterocycles. The molecule has 2 atom stereocenters. The molecule has 0 bridgehead atoms. The Bertz CT molecular complexity index is 1060. The zero-order valence-corrected chi connectivity index (χ0v) is 20.2. The number of allylic oxidation sites excluding steroid dienone is 1. The lowest BCUT2D eigenvalue weighted by Gasteiger charge is -2.55. The van der Waals surface area contributed by atoms with E-state index < -0.39 is 13.9 Å². The average molecular weight is 407 g/mol. The average Bonchev–Trinajstić information content (AvgIpc) is 3.12. The molecule has 2 aromatic rings. The van der Waals surface area contributed by atoms with Crippen LogP contribution in [0.1, 0.15) is 66.1 Å². The van der Waals surface area contributed by atoms with Crippen LogP contribution < -0.4 is 0 Å². The number of hydrogen-bond donors (Lipinski definition) is 0. The van der Waals surface area contributed by atoms with Crippen molar-refractivity contribution in [3.8, 4) is 6.07 Å². The van der Waals surface area contributed by atoms with E-state index in [9.17, 15) is 5.26 Å². The maximum atomic E-state index is 10.8. The van der Waals surface area contributed by atoms with Crippen LogP contribution in [0.15, 0.2) is 35.9 Å². The topological polar surface area (TPSA) is 37.9 Å². The summed E-state index contributed by atoms with van der Waals surface area (Å²) in [6.45, 7) is 18.0. The molecule has 1 aliphatic carbocycles. The Labute approximate surface area is 176 Å². The molecule has 1 saturated carbocycles. The first-order chi connectivity index (χ1) is 13.4. The summed E-state index contributed by atoms with van der Waals surface area (Å²) in [7, 11) is -2.18. The van der Waals surface area contributed by atoms with Crippen molar-refractivity contribution in [1.29, 1.82) is 5.26 Å². The highest BCUT2D eigenvalue weighted by molar-refractivity contribution is 6.74. The van der Waals surface area contributed by atoms with Crippen LogP contribution in [0.25, 0.3) is 16.5 Å². The lowest BCUT2D eigenvalue weighted by atomic mass is 9.62. The number of aromatic nitrogens is 1. The van der Waals surface area contributed by atoms with E-state index in [-0.39, 0.29) is 16.5 Å². The Kier molecular flexibility index (Phi) is 4.29. The van der Waals surface area contributed by atoms with Crippen molar-refractivity contribution >= 4 is 24.8 Å². The normalized spacial score (nSPS) is 26.4. The van der Waals surface area contributed by atoms with Gasteiger partial charge in [0.15, 0.2) is 13.9 Å². The van der Waals surface area contributed by atoms with Crippen molar-refractivity contribution in [2.24, 2.45) is 5.41 Å². The monoisotopic (exact) mass is 406 g/mol. The van der Waals surface area contributed by atoms with Crippen LogP contribution in [0.5, 0.6) is 0 Å². The quantitative estimate of drug-likeness (QED) is 0.500. The van der Waals surface area contributed by atoms with Gasteiger partial charge in [-0.3, -0.25) is 0 Å². The van der Waals surface area contributed by atoms with Crippen LogP contribution in [-0.2, 0) is 4.43 Å². The third-order valence-corrected chi connectivity index (χ3v) is 12.4. The van der Waals surface area contributed by atoms with Crippen molar-refractivity contribution < 1.29 is 4.43 Å². The number of nitrogens with zero attached hydrogens (tertiary/aromatic N) is 2. The predicted octanol–water partition coefficient (Wildman–Crippen LogP) is 7.07. The van der Waals surface area contributed by atoms with E-state index in [0.29, 0.717) is 0 Å². The zero-order chi connectivity index (χ0) is 21.4. The van der Waals surface area contributed by atoms with Gasteiger partial charge in [-0.25, -0.2) is 0 Å². The fourth-order valence-electron chi connectivity index (χ4n) is 5.01. The Morgan fingerprint density at radius 3 is 2.48 bits per heavy atom. The van der Waals surface area contributed by atoms with E-state index >= 15 is 0 Å². The first-order valence-electron chi connectivity index (χ1n) is 10.8. The van der Waals surface area contributed by atoms with Gasteiger partial charge in [-0.05, 0) is 61.2 Å². The second-order valence-corrected chi connectivity index (χ2v) is 15.8. The van der Waals surface area contributed by atoms with Crippen LogP contribution in [0.4, 0.5) is 0 Å². The molecule has 2 heterocycles. The molecule has 29 heavy (non-hydrogen) atoms. The van der Waals surface area contributed by atoms with E-state index in [1.165, 1.54) is 27.7 Å². The molecule has 1 aliphatic heterocycles. The molecule has 1 aromatic carbocycles. The maximum Gasteiger partial charge on any atom is 0.194 e. The first kappa shape index (κ1) is 20.4. The molecular weight excluding hydrogens is 372 g/mol. The highest BCUT2D eigenvalue weighted by Crippen LogP contribution is 2.60. The molecule has 154 valence electrons. The molecular formula is C25H34N2OSi. The van der Waals surface area contributed by atoms with Gasteiger partial charge < -0.3 is 8.99 Å². The van der Waals surface area contributed by atoms with Gasteiger partial charge in [0.2, 0.25) is 0 Å². The lowest BCUT2D eigenvalue weighted by molar-refractivity contribution is -0.0537. The minimum atomic E-state index is -2.18. The SMILES string of the molecule is CC1=C2CCC(C)(C)C(C#N)(O[Si](C)(C)C(C)(C)C)[C@@H]2n2c1cc1ccccc12. The van der Waals surface area contributed by atoms with Crippen LogP contribution in [-0.4, -0.2) is 18.5 Å². The number of benzene rings is 1. The summed E-state index contributed by atoms with van der Waals surface area (Å²) in [6.07, 6.45) is 2.00. The summed E-state index contributed by atoms with van der Waals surface area (Å²) in [6, 6.07) is 13.6. The van der Waals surface area contributed by atoms with E-state index in [4.69, 9.17) is 4.43 Å². The number of rotatable bonds is 2. The maximum absolute atomic E-state index is 10.8. The predicted molar refractivity (Wildman–Crippen MR) is 123 cm³/mol. The Morgan fingerprint density at radius 1 is 1.21 bits per heavy atom. The number of fused-ring (bicyclic) bond motifs is 5. The number of para-hydroxylation sites is 1. The summed E-state index contributed by atoms with van der Waals surface area (Å²) < 4.78 is 9.57. The molecule has 0 N–H and O–H groups in total. The van der Waals surface area contributed by atoms with Crippen LogP contribution in [0.2, 0.25) is 18.1 Å². The minimum Gasteiger partial charge on any atom is -0.397 e. The van der Waals surface area contributed by atoms with E-state index in [2.05, 4.69) is 95.6 Å². The summed E-state index contributed by atoms with van der Waals surface area (Å²) in [4.78, 5) is 0. The van der Waals surface area contributed by atoms with Crippen molar-refractivity contribution in [1.82, 2.24) is 4.57 Å². The molecule has 3 nitrogen and oxygen atoms in total. The van der Waals surface area contributed by atoms with Gasteiger partial charge in [-0.15, -0.1) is 0 Å². The van der Waals surface area contributed by atoms with Gasteiger partial charge in [0.25, 0.3) is 0 Å². The molecule has 4 heteroatoms. The van der Waals surface area contributed by atoms with Crippen molar-refractivity contribution in [2.75, 3.05) is 0 Å². The second-order valence-electron chi connectivity index (χ2n) is 11.1. The Hall–Kier alpha value is -1.83. The first-order valence-corrected chi connectivity index (χ1v) is 13.7. The molecule has 1 unspecified atom stereocenters. The lowest BCUT2D eigenvalue weighted by Crippen LogP contribution is -2.61. The van der Waals surface area contributed by atoms with E-state index in [1.54, 1.807) is 0 Å². The fourth-order valence-corrected chi connectivity index (χ4v) is 6.55. The summed E-state index contributed by atoms with van der Waals surface area (Å²) in [5, 5.41) is 12.1. The number of nitriles is 1. The van der Waals surface area contributed by atoms with Crippen LogP contribution in [0, 0.1) is 16.7 Å². The smallest absolute Gasteiger partial charge is 0.194 e. The largest absolute Gasteiger partial charge is 0.397 e. The van der Waals surface area contributed by atoms with Gasteiger partial charge in [-0.2, -0.15) is 5.26 Å². The van der Waals surface area contributed by atoms with Crippen molar-refractivity contribution in [3.63, 3.8) is 0 Å². The minimum absolute atomic E-state index is 0.0451. The molecule has 0 amide bonds. The van der Waals surface area contributed by atoms with Crippen molar-refractivity contribution in [2.45, 2.75) is 84.2 Å². The molecule has 0 saturated heterocycles. The van der Waals surface area contributed by atoms with Gasteiger partial charge in [-0.1, -0.05) is 52.8 Å².